The average Bonchev–Trinajstić information content (AvgIpc) is 2.68. The van der Waals surface area contributed by atoms with E-state index in [9.17, 15) is 17.6 Å². The fourth-order valence-electron chi connectivity index (χ4n) is 1.40. The number of alkyl halides is 3. The quantitative estimate of drug-likeness (QED) is 0.748. The molecule has 0 saturated carbocycles. The minimum Gasteiger partial charge on any atom is -0.285 e. The van der Waals surface area contributed by atoms with Crippen molar-refractivity contribution in [3.63, 3.8) is 0 Å². The highest BCUT2D eigenvalue weighted by molar-refractivity contribution is 5.66. The summed E-state index contributed by atoms with van der Waals surface area (Å²) in [4.78, 5) is 0. The van der Waals surface area contributed by atoms with Gasteiger partial charge in [-0.2, -0.15) is 18.3 Å². The van der Waals surface area contributed by atoms with E-state index in [1.807, 2.05) is 0 Å². The third-order valence-electron chi connectivity index (χ3n) is 2.10. The van der Waals surface area contributed by atoms with Gasteiger partial charge in [0.1, 0.15) is 5.82 Å². The Kier molecular flexibility index (Phi) is 2.41. The first kappa shape index (κ1) is 10.7. The van der Waals surface area contributed by atoms with Crippen LogP contribution < -0.4 is 0 Å². The van der Waals surface area contributed by atoms with E-state index in [4.69, 9.17) is 0 Å². The summed E-state index contributed by atoms with van der Waals surface area (Å²) >= 11 is 0. The van der Waals surface area contributed by atoms with Crippen LogP contribution >= 0.6 is 0 Å². The van der Waals surface area contributed by atoms with Crippen LogP contribution in [0.4, 0.5) is 17.6 Å². The zero-order valence-corrected chi connectivity index (χ0v) is 7.85. The van der Waals surface area contributed by atoms with Gasteiger partial charge in [0.15, 0.2) is 0 Å². The molecule has 0 spiro atoms. The average molecular weight is 230 g/mol. The third kappa shape index (κ3) is 1.91. The largest absolute Gasteiger partial charge is 0.417 e. The van der Waals surface area contributed by atoms with Gasteiger partial charge in [0.25, 0.3) is 0 Å². The van der Waals surface area contributed by atoms with Gasteiger partial charge in [-0.15, -0.1) is 0 Å². The third-order valence-corrected chi connectivity index (χ3v) is 2.10. The van der Waals surface area contributed by atoms with E-state index in [1.54, 1.807) is 0 Å². The molecule has 0 aliphatic heterocycles. The second-order valence-electron chi connectivity index (χ2n) is 3.17. The summed E-state index contributed by atoms with van der Waals surface area (Å²) < 4.78 is 50.8. The SMILES string of the molecule is Fc1ccc(C(F)(F)F)c(-c2cn[nH]c2)c1. The lowest BCUT2D eigenvalue weighted by atomic mass is 10.0. The van der Waals surface area contributed by atoms with Gasteiger partial charge in [-0.3, -0.25) is 5.10 Å². The predicted octanol–water partition coefficient (Wildman–Crippen LogP) is 3.23. The number of H-pyrrole nitrogens is 1. The van der Waals surface area contributed by atoms with Gasteiger partial charge in [-0.05, 0) is 23.8 Å². The van der Waals surface area contributed by atoms with Gasteiger partial charge in [0, 0.05) is 11.8 Å². The molecule has 84 valence electrons. The van der Waals surface area contributed by atoms with E-state index in [1.165, 1.54) is 12.4 Å². The number of halogens is 4. The van der Waals surface area contributed by atoms with Crippen molar-refractivity contribution in [2.75, 3.05) is 0 Å². The molecule has 1 aromatic heterocycles. The monoisotopic (exact) mass is 230 g/mol. The van der Waals surface area contributed by atoms with E-state index in [-0.39, 0.29) is 11.1 Å². The molecule has 1 N–H and O–H groups in total. The molecule has 2 rings (SSSR count). The van der Waals surface area contributed by atoms with E-state index in [2.05, 4.69) is 10.2 Å². The lowest BCUT2D eigenvalue weighted by molar-refractivity contribution is -0.137. The molecule has 16 heavy (non-hydrogen) atoms. The summed E-state index contributed by atoms with van der Waals surface area (Å²) in [5, 5.41) is 5.92. The van der Waals surface area contributed by atoms with Crippen molar-refractivity contribution in [2.24, 2.45) is 0 Å². The molecule has 0 unspecified atom stereocenters. The van der Waals surface area contributed by atoms with Gasteiger partial charge in [0.05, 0.1) is 11.8 Å². The number of rotatable bonds is 1. The van der Waals surface area contributed by atoms with Crippen molar-refractivity contribution in [1.82, 2.24) is 10.2 Å². The number of nitrogens with one attached hydrogen (secondary N) is 1. The second kappa shape index (κ2) is 3.62. The van der Waals surface area contributed by atoms with Crippen LogP contribution in [0.3, 0.4) is 0 Å². The van der Waals surface area contributed by atoms with Crippen LogP contribution in [0.25, 0.3) is 11.1 Å². The van der Waals surface area contributed by atoms with Crippen LogP contribution in [0.5, 0.6) is 0 Å². The fourth-order valence-corrected chi connectivity index (χ4v) is 1.40. The summed E-state index contributed by atoms with van der Waals surface area (Å²) in [6.07, 6.45) is -2.02. The molecule has 0 bridgehead atoms. The molecule has 0 amide bonds. The Hall–Kier alpha value is -1.85. The molecule has 0 saturated heterocycles. The lowest BCUT2D eigenvalue weighted by Crippen LogP contribution is -2.07. The van der Waals surface area contributed by atoms with Crippen LogP contribution in [0.2, 0.25) is 0 Å². The Labute approximate surface area is 87.9 Å². The van der Waals surface area contributed by atoms with Crippen LogP contribution in [0, 0.1) is 5.82 Å². The first-order valence-corrected chi connectivity index (χ1v) is 4.34. The molecular weight excluding hydrogens is 224 g/mol. The summed E-state index contributed by atoms with van der Waals surface area (Å²) in [6, 6.07) is 2.34. The topological polar surface area (TPSA) is 28.7 Å². The first-order chi connectivity index (χ1) is 7.48. The van der Waals surface area contributed by atoms with E-state index in [0.717, 1.165) is 18.2 Å². The maximum atomic E-state index is 12.9. The Morgan fingerprint density at radius 2 is 1.94 bits per heavy atom. The summed E-state index contributed by atoms with van der Waals surface area (Å²) in [5.41, 5.74) is -0.900. The van der Waals surface area contributed by atoms with Crippen molar-refractivity contribution < 1.29 is 17.6 Å². The molecular formula is C10H6F4N2. The van der Waals surface area contributed by atoms with Crippen molar-refractivity contribution in [1.29, 1.82) is 0 Å². The maximum absolute atomic E-state index is 12.9. The highest BCUT2D eigenvalue weighted by Crippen LogP contribution is 2.36. The Balaban J connectivity index is 2.63. The first-order valence-electron chi connectivity index (χ1n) is 4.34. The molecule has 1 heterocycles. The summed E-state index contributed by atoms with van der Waals surface area (Å²) in [5.74, 6) is -0.718. The normalized spacial score (nSPS) is 11.8. The fraction of sp³-hybridized carbons (Fsp3) is 0.100. The van der Waals surface area contributed by atoms with E-state index in [0.29, 0.717) is 0 Å². The number of aromatic amines is 1. The molecule has 2 nitrogen and oxygen atoms in total. The van der Waals surface area contributed by atoms with Crippen molar-refractivity contribution in [2.45, 2.75) is 6.18 Å². The smallest absolute Gasteiger partial charge is 0.285 e. The zero-order chi connectivity index (χ0) is 11.8. The number of hydrogen-bond donors (Lipinski definition) is 1. The van der Waals surface area contributed by atoms with Crippen LogP contribution in [0.1, 0.15) is 5.56 Å². The lowest BCUT2D eigenvalue weighted by Gasteiger charge is -2.11. The molecule has 0 fully saturated rings. The van der Waals surface area contributed by atoms with Crippen LogP contribution in [-0.2, 0) is 6.18 Å². The van der Waals surface area contributed by atoms with Crippen molar-refractivity contribution in [3.05, 3.63) is 42.0 Å². The Bertz CT molecular complexity index is 488. The molecule has 2 aromatic rings. The minimum atomic E-state index is -4.51. The number of nitrogens with zero attached hydrogens (tertiary/aromatic N) is 1. The molecule has 0 aliphatic carbocycles. The van der Waals surface area contributed by atoms with E-state index >= 15 is 0 Å². The second-order valence-corrected chi connectivity index (χ2v) is 3.17. The molecule has 0 aliphatic rings. The number of hydrogen-bond acceptors (Lipinski definition) is 1. The van der Waals surface area contributed by atoms with E-state index < -0.39 is 17.6 Å². The zero-order valence-electron chi connectivity index (χ0n) is 7.85. The number of benzene rings is 1. The van der Waals surface area contributed by atoms with Crippen LogP contribution in [0.15, 0.2) is 30.6 Å². The number of aromatic nitrogens is 2. The van der Waals surface area contributed by atoms with Crippen molar-refractivity contribution >= 4 is 0 Å². The Morgan fingerprint density at radius 1 is 1.19 bits per heavy atom. The maximum Gasteiger partial charge on any atom is 0.417 e. The molecule has 6 heteroatoms. The van der Waals surface area contributed by atoms with Crippen molar-refractivity contribution in [3.8, 4) is 11.1 Å². The summed E-state index contributed by atoms with van der Waals surface area (Å²) in [6.45, 7) is 0. The molecule has 0 atom stereocenters. The van der Waals surface area contributed by atoms with Gasteiger partial charge in [-0.1, -0.05) is 0 Å². The Morgan fingerprint density at radius 3 is 2.50 bits per heavy atom. The minimum absolute atomic E-state index is 0.201. The highest BCUT2D eigenvalue weighted by Gasteiger charge is 2.33. The predicted molar refractivity (Wildman–Crippen MR) is 49.0 cm³/mol. The summed E-state index contributed by atoms with van der Waals surface area (Å²) in [7, 11) is 0. The highest BCUT2D eigenvalue weighted by atomic mass is 19.4. The van der Waals surface area contributed by atoms with Gasteiger partial charge >= 0.3 is 6.18 Å². The van der Waals surface area contributed by atoms with Gasteiger partial charge < -0.3 is 0 Å². The van der Waals surface area contributed by atoms with Gasteiger partial charge in [0.2, 0.25) is 0 Å². The standard InChI is InChI=1S/C10H6F4N2/c11-7-1-2-9(10(12,13)14)8(3-7)6-4-15-16-5-6/h1-5H,(H,15,16). The molecule has 1 aromatic carbocycles. The molecule has 0 radical (unpaired) electrons. The van der Waals surface area contributed by atoms with Crippen LogP contribution in [-0.4, -0.2) is 10.2 Å². The van der Waals surface area contributed by atoms with Gasteiger partial charge in [-0.25, -0.2) is 4.39 Å².